The highest BCUT2D eigenvalue weighted by atomic mass is 16.5. The van der Waals surface area contributed by atoms with Crippen molar-refractivity contribution in [1.82, 2.24) is 10.3 Å². The molecule has 1 aliphatic heterocycles. The van der Waals surface area contributed by atoms with Crippen LogP contribution in [-0.4, -0.2) is 49.1 Å². The number of hydrogen-bond donors (Lipinski definition) is 1. The van der Waals surface area contributed by atoms with Gasteiger partial charge in [0, 0.05) is 13.1 Å². The molecule has 1 N–H and O–H groups in total. The number of rotatable bonds is 3. The predicted octanol–water partition coefficient (Wildman–Crippen LogP) is 1.33. The van der Waals surface area contributed by atoms with Gasteiger partial charge < -0.3 is 9.64 Å². The Morgan fingerprint density at radius 1 is 1.08 bits per heavy atom. The first-order valence-electron chi connectivity index (χ1n) is 7.92. The van der Waals surface area contributed by atoms with Crippen molar-refractivity contribution in [2.45, 2.75) is 25.7 Å². The third-order valence-electron chi connectivity index (χ3n) is 3.80. The third kappa shape index (κ3) is 4.91. The van der Waals surface area contributed by atoms with Crippen LogP contribution < -0.4 is 5.43 Å². The van der Waals surface area contributed by atoms with Crippen LogP contribution in [0.5, 0.6) is 0 Å². The van der Waals surface area contributed by atoms with Crippen LogP contribution in [0.25, 0.3) is 0 Å². The molecule has 0 aromatic heterocycles. The lowest BCUT2D eigenvalue weighted by atomic mass is 10.1. The van der Waals surface area contributed by atoms with Gasteiger partial charge in [-0.15, -0.1) is 0 Å². The molecule has 2 amide bonds. The number of carbonyl (C=O) groups is 3. The van der Waals surface area contributed by atoms with Crippen LogP contribution in [-0.2, 0) is 14.3 Å². The van der Waals surface area contributed by atoms with E-state index in [4.69, 9.17) is 0 Å². The van der Waals surface area contributed by atoms with E-state index < -0.39 is 17.8 Å². The van der Waals surface area contributed by atoms with Crippen LogP contribution >= 0.6 is 0 Å². The second-order valence-corrected chi connectivity index (χ2v) is 5.52. The Morgan fingerprint density at radius 2 is 1.71 bits per heavy atom. The second-order valence-electron chi connectivity index (χ2n) is 5.52. The molecule has 7 heteroatoms. The zero-order valence-corrected chi connectivity index (χ0v) is 13.7. The van der Waals surface area contributed by atoms with Gasteiger partial charge >= 0.3 is 17.8 Å². The van der Waals surface area contributed by atoms with E-state index in [0.29, 0.717) is 24.2 Å². The SMILES string of the molecule is COC(=O)c1ccc(/C=N\NC(=O)C(=O)N2CCCCCC2)cc1. The van der Waals surface area contributed by atoms with E-state index in [2.05, 4.69) is 15.3 Å². The Balaban J connectivity index is 1.87. The molecule has 0 bridgehead atoms. The second kappa shape index (κ2) is 8.81. The van der Waals surface area contributed by atoms with Gasteiger partial charge in [0.2, 0.25) is 0 Å². The van der Waals surface area contributed by atoms with Crippen LogP contribution in [0.15, 0.2) is 29.4 Å². The van der Waals surface area contributed by atoms with E-state index in [1.54, 1.807) is 29.2 Å². The maximum absolute atomic E-state index is 12.0. The molecular formula is C17H21N3O4. The molecule has 2 rings (SSSR count). The molecule has 0 spiro atoms. The molecule has 0 atom stereocenters. The van der Waals surface area contributed by atoms with Crippen LogP contribution in [0, 0.1) is 0 Å². The Labute approximate surface area is 140 Å². The van der Waals surface area contributed by atoms with Gasteiger partial charge in [-0.1, -0.05) is 25.0 Å². The van der Waals surface area contributed by atoms with E-state index in [1.165, 1.54) is 13.3 Å². The smallest absolute Gasteiger partial charge is 0.337 e. The van der Waals surface area contributed by atoms with Crippen molar-refractivity contribution in [2.24, 2.45) is 5.10 Å². The molecule has 0 unspecified atom stereocenters. The molecule has 0 aliphatic carbocycles. The standard InChI is InChI=1S/C17H21N3O4/c1-24-17(23)14-8-6-13(7-9-14)12-18-19-15(21)16(22)20-10-4-2-3-5-11-20/h6-9,12H,2-5,10-11H2,1H3,(H,19,21)/b18-12-. The Hall–Kier alpha value is -2.70. The van der Waals surface area contributed by atoms with Gasteiger partial charge in [-0.25, -0.2) is 10.2 Å². The fourth-order valence-corrected chi connectivity index (χ4v) is 2.45. The number of ether oxygens (including phenoxy) is 1. The van der Waals surface area contributed by atoms with E-state index in [1.807, 2.05) is 0 Å². The lowest BCUT2D eigenvalue weighted by molar-refractivity contribution is -0.145. The average Bonchev–Trinajstić information content (AvgIpc) is 2.90. The van der Waals surface area contributed by atoms with Gasteiger partial charge in [0.25, 0.3) is 0 Å². The predicted molar refractivity (Wildman–Crippen MR) is 88.6 cm³/mol. The number of nitrogens with zero attached hydrogens (tertiary/aromatic N) is 2. The lowest BCUT2D eigenvalue weighted by Crippen LogP contribution is -2.41. The minimum Gasteiger partial charge on any atom is -0.465 e. The van der Waals surface area contributed by atoms with Crippen molar-refractivity contribution in [3.05, 3.63) is 35.4 Å². The summed E-state index contributed by atoms with van der Waals surface area (Å²) in [6.07, 6.45) is 5.44. The van der Waals surface area contributed by atoms with Gasteiger partial charge in [-0.2, -0.15) is 5.10 Å². The fourth-order valence-electron chi connectivity index (χ4n) is 2.45. The van der Waals surface area contributed by atoms with E-state index in [-0.39, 0.29) is 0 Å². The molecule has 1 heterocycles. The van der Waals surface area contributed by atoms with Crippen molar-refractivity contribution in [3.63, 3.8) is 0 Å². The number of benzene rings is 1. The molecule has 1 aromatic rings. The van der Waals surface area contributed by atoms with Crippen LogP contribution in [0.4, 0.5) is 0 Å². The lowest BCUT2D eigenvalue weighted by Gasteiger charge is -2.18. The number of methoxy groups -OCH3 is 1. The number of carbonyl (C=O) groups excluding carboxylic acids is 3. The highest BCUT2D eigenvalue weighted by Gasteiger charge is 2.22. The molecule has 1 aromatic carbocycles. The summed E-state index contributed by atoms with van der Waals surface area (Å²) in [6, 6.07) is 6.52. The zero-order chi connectivity index (χ0) is 17.4. The highest BCUT2D eigenvalue weighted by Crippen LogP contribution is 2.09. The number of hydrazone groups is 1. The highest BCUT2D eigenvalue weighted by molar-refractivity contribution is 6.35. The Bertz CT molecular complexity index is 617. The molecule has 24 heavy (non-hydrogen) atoms. The van der Waals surface area contributed by atoms with Crippen LogP contribution in [0.1, 0.15) is 41.6 Å². The van der Waals surface area contributed by atoms with Gasteiger partial charge in [-0.05, 0) is 30.5 Å². The molecule has 1 aliphatic rings. The molecule has 7 nitrogen and oxygen atoms in total. The first kappa shape index (κ1) is 17.7. The van der Waals surface area contributed by atoms with E-state index in [9.17, 15) is 14.4 Å². The molecular weight excluding hydrogens is 310 g/mol. The van der Waals surface area contributed by atoms with Gasteiger partial charge in [0.05, 0.1) is 18.9 Å². The molecule has 0 saturated carbocycles. The minimum atomic E-state index is -0.737. The number of nitrogens with one attached hydrogen (secondary N) is 1. The normalized spacial score (nSPS) is 15.0. The summed E-state index contributed by atoms with van der Waals surface area (Å²) >= 11 is 0. The van der Waals surface area contributed by atoms with Crippen molar-refractivity contribution in [1.29, 1.82) is 0 Å². The van der Waals surface area contributed by atoms with Gasteiger partial charge in [-0.3, -0.25) is 9.59 Å². The number of esters is 1. The van der Waals surface area contributed by atoms with Crippen molar-refractivity contribution < 1.29 is 19.1 Å². The first-order chi connectivity index (χ1) is 11.6. The summed E-state index contributed by atoms with van der Waals surface area (Å²) in [5, 5.41) is 3.79. The van der Waals surface area contributed by atoms with Crippen molar-refractivity contribution in [2.75, 3.05) is 20.2 Å². The van der Waals surface area contributed by atoms with Crippen molar-refractivity contribution in [3.8, 4) is 0 Å². The first-order valence-corrected chi connectivity index (χ1v) is 7.92. The van der Waals surface area contributed by atoms with Gasteiger partial charge in [0.1, 0.15) is 0 Å². The largest absolute Gasteiger partial charge is 0.465 e. The molecule has 1 fully saturated rings. The topological polar surface area (TPSA) is 88.1 Å². The number of amides is 2. The summed E-state index contributed by atoms with van der Waals surface area (Å²) in [7, 11) is 1.31. The summed E-state index contributed by atoms with van der Waals surface area (Å²) in [6.45, 7) is 1.23. The monoisotopic (exact) mass is 331 g/mol. The van der Waals surface area contributed by atoms with Gasteiger partial charge in [0.15, 0.2) is 0 Å². The third-order valence-corrected chi connectivity index (χ3v) is 3.80. The summed E-state index contributed by atoms with van der Waals surface area (Å²) < 4.78 is 4.61. The average molecular weight is 331 g/mol. The Kier molecular flexibility index (Phi) is 6.48. The van der Waals surface area contributed by atoms with E-state index >= 15 is 0 Å². The maximum atomic E-state index is 12.0. The van der Waals surface area contributed by atoms with Crippen LogP contribution in [0.2, 0.25) is 0 Å². The molecule has 1 saturated heterocycles. The Morgan fingerprint density at radius 3 is 2.29 bits per heavy atom. The minimum absolute atomic E-state index is 0.421. The summed E-state index contributed by atoms with van der Waals surface area (Å²) in [5.41, 5.74) is 3.36. The zero-order valence-electron chi connectivity index (χ0n) is 13.7. The quantitative estimate of drug-likeness (QED) is 0.392. The van der Waals surface area contributed by atoms with Crippen LogP contribution in [0.3, 0.4) is 0 Å². The fraction of sp³-hybridized carbons (Fsp3) is 0.412. The molecule has 128 valence electrons. The van der Waals surface area contributed by atoms with E-state index in [0.717, 1.165) is 25.7 Å². The number of likely N-dealkylation sites (tertiary alicyclic amines) is 1. The van der Waals surface area contributed by atoms with Crippen molar-refractivity contribution >= 4 is 24.0 Å². The summed E-state index contributed by atoms with van der Waals surface area (Å²) in [5.74, 6) is -1.70. The maximum Gasteiger partial charge on any atom is 0.337 e. The summed E-state index contributed by atoms with van der Waals surface area (Å²) in [4.78, 5) is 36.8. The molecule has 0 radical (unpaired) electrons. The number of hydrogen-bond acceptors (Lipinski definition) is 5.